The minimum atomic E-state index is 0.469. The molecule has 22 heavy (non-hydrogen) atoms. The van der Waals surface area contributed by atoms with Crippen molar-refractivity contribution in [2.24, 2.45) is 0 Å². The van der Waals surface area contributed by atoms with Gasteiger partial charge in [0.25, 0.3) is 0 Å². The Morgan fingerprint density at radius 3 is 0.773 bits per heavy atom. The van der Waals surface area contributed by atoms with E-state index in [1.165, 1.54) is 33.0 Å². The molecular formula is C18H20Cl4. The van der Waals surface area contributed by atoms with Crippen molar-refractivity contribution in [3.05, 3.63) is 44.5 Å². The molecule has 0 spiro atoms. The average molecular weight is 378 g/mol. The van der Waals surface area contributed by atoms with Gasteiger partial charge < -0.3 is 0 Å². The zero-order valence-corrected chi connectivity index (χ0v) is 16.4. The van der Waals surface area contributed by atoms with Crippen molar-refractivity contribution in [3.8, 4) is 0 Å². The van der Waals surface area contributed by atoms with Crippen molar-refractivity contribution in [1.82, 2.24) is 0 Å². The molecule has 0 unspecified atom stereocenters. The summed E-state index contributed by atoms with van der Waals surface area (Å²) in [6.45, 7) is 8.50. The molecule has 0 N–H and O–H groups in total. The number of benzene rings is 2. The smallest absolute Gasteiger partial charge is 0.0480 e. The molecule has 0 amide bonds. The third kappa shape index (κ3) is 2.63. The van der Waals surface area contributed by atoms with Gasteiger partial charge in [-0.2, -0.15) is 0 Å². The molecule has 0 aliphatic rings. The standard InChI is InChI=1S/C18H20Cl4/c1-9-13(5-19)14(6-20)11(3)18-12(4)16(8-22)15(7-21)10(2)17(9)18/h5-8H2,1-4H3. The molecule has 0 aromatic heterocycles. The van der Waals surface area contributed by atoms with Gasteiger partial charge in [0.2, 0.25) is 0 Å². The van der Waals surface area contributed by atoms with Crippen LogP contribution in [-0.2, 0) is 23.5 Å². The van der Waals surface area contributed by atoms with Crippen LogP contribution in [0, 0.1) is 27.7 Å². The second-order valence-electron chi connectivity index (χ2n) is 5.70. The molecule has 0 radical (unpaired) electrons. The summed E-state index contributed by atoms with van der Waals surface area (Å²) in [5, 5.41) is 2.51. The van der Waals surface area contributed by atoms with Gasteiger partial charge in [-0.3, -0.25) is 0 Å². The fourth-order valence-electron chi connectivity index (χ4n) is 3.54. The molecule has 0 saturated heterocycles. The van der Waals surface area contributed by atoms with Crippen LogP contribution in [-0.4, -0.2) is 0 Å². The first-order valence-electron chi connectivity index (χ1n) is 7.23. The molecule has 2 rings (SSSR count). The van der Waals surface area contributed by atoms with Crippen LogP contribution >= 0.6 is 46.4 Å². The lowest BCUT2D eigenvalue weighted by molar-refractivity contribution is 1.16. The Bertz CT molecular complexity index is 611. The van der Waals surface area contributed by atoms with Crippen molar-refractivity contribution in [1.29, 1.82) is 0 Å². The number of fused-ring (bicyclic) bond motifs is 1. The summed E-state index contributed by atoms with van der Waals surface area (Å²) in [4.78, 5) is 0. The van der Waals surface area contributed by atoms with Gasteiger partial charge in [0.15, 0.2) is 0 Å². The lowest BCUT2D eigenvalue weighted by Crippen LogP contribution is -2.06. The zero-order chi connectivity index (χ0) is 16.6. The van der Waals surface area contributed by atoms with E-state index >= 15 is 0 Å². The molecule has 2 aromatic carbocycles. The SMILES string of the molecule is Cc1c(CCl)c(CCl)c(C)c2c(C)c(CCl)c(CCl)c(C)c12. The molecule has 0 fully saturated rings. The number of alkyl halides is 4. The van der Waals surface area contributed by atoms with Crippen molar-refractivity contribution in [2.75, 3.05) is 0 Å². The van der Waals surface area contributed by atoms with E-state index in [1.54, 1.807) is 0 Å². The van der Waals surface area contributed by atoms with E-state index in [0.29, 0.717) is 23.5 Å². The van der Waals surface area contributed by atoms with Gasteiger partial charge in [0.1, 0.15) is 0 Å². The van der Waals surface area contributed by atoms with Crippen LogP contribution in [0.2, 0.25) is 0 Å². The summed E-state index contributed by atoms with van der Waals surface area (Å²) in [7, 11) is 0. The van der Waals surface area contributed by atoms with Gasteiger partial charge in [0, 0.05) is 23.5 Å². The minimum Gasteiger partial charge on any atom is -0.122 e. The van der Waals surface area contributed by atoms with Gasteiger partial charge in [-0.15, -0.1) is 46.4 Å². The fourth-order valence-corrected chi connectivity index (χ4v) is 4.99. The van der Waals surface area contributed by atoms with Crippen LogP contribution < -0.4 is 0 Å². The molecule has 0 saturated carbocycles. The number of hydrogen-bond donors (Lipinski definition) is 0. The Labute approximate surface area is 152 Å². The second-order valence-corrected chi connectivity index (χ2v) is 6.77. The highest BCUT2D eigenvalue weighted by Gasteiger charge is 2.21. The summed E-state index contributed by atoms with van der Waals surface area (Å²) in [5.41, 5.74) is 9.40. The average Bonchev–Trinajstić information content (AvgIpc) is 2.51. The summed E-state index contributed by atoms with van der Waals surface area (Å²) in [6.07, 6.45) is 0. The maximum absolute atomic E-state index is 6.21. The van der Waals surface area contributed by atoms with E-state index in [1.807, 2.05) is 0 Å². The van der Waals surface area contributed by atoms with Crippen LogP contribution in [0.25, 0.3) is 10.8 Å². The monoisotopic (exact) mass is 376 g/mol. The highest BCUT2D eigenvalue weighted by atomic mass is 35.5. The van der Waals surface area contributed by atoms with E-state index in [4.69, 9.17) is 46.4 Å². The molecular weight excluding hydrogens is 358 g/mol. The normalized spacial score (nSPS) is 11.5. The Morgan fingerprint density at radius 1 is 0.455 bits per heavy atom. The molecule has 0 bridgehead atoms. The number of halogens is 4. The summed E-state index contributed by atoms with van der Waals surface area (Å²) < 4.78 is 0. The molecule has 0 aliphatic heterocycles. The third-order valence-electron chi connectivity index (χ3n) is 4.82. The Kier molecular flexibility index (Phi) is 5.94. The van der Waals surface area contributed by atoms with Crippen LogP contribution in [0.1, 0.15) is 44.5 Å². The van der Waals surface area contributed by atoms with Crippen LogP contribution in [0.4, 0.5) is 0 Å². The van der Waals surface area contributed by atoms with E-state index in [0.717, 1.165) is 22.3 Å². The second kappa shape index (κ2) is 7.18. The van der Waals surface area contributed by atoms with E-state index in [9.17, 15) is 0 Å². The van der Waals surface area contributed by atoms with Gasteiger partial charge in [-0.1, -0.05) is 0 Å². The lowest BCUT2D eigenvalue weighted by Gasteiger charge is -2.23. The van der Waals surface area contributed by atoms with E-state index in [-0.39, 0.29) is 0 Å². The quantitative estimate of drug-likeness (QED) is 0.501. The number of rotatable bonds is 4. The first-order chi connectivity index (χ1) is 10.4. The summed E-state index contributed by atoms with van der Waals surface area (Å²) in [6, 6.07) is 0. The molecule has 4 heteroatoms. The number of hydrogen-bond acceptors (Lipinski definition) is 0. The topological polar surface area (TPSA) is 0 Å². The molecule has 0 atom stereocenters. The van der Waals surface area contributed by atoms with Gasteiger partial charge in [-0.05, 0) is 83.0 Å². The van der Waals surface area contributed by atoms with Crippen molar-refractivity contribution in [2.45, 2.75) is 51.2 Å². The molecule has 0 aliphatic carbocycles. The molecule has 0 nitrogen and oxygen atoms in total. The van der Waals surface area contributed by atoms with Crippen molar-refractivity contribution < 1.29 is 0 Å². The maximum Gasteiger partial charge on any atom is 0.0480 e. The van der Waals surface area contributed by atoms with E-state index < -0.39 is 0 Å². The molecule has 120 valence electrons. The Morgan fingerprint density at radius 2 is 0.636 bits per heavy atom. The Balaban J connectivity index is 3.14. The Hall–Kier alpha value is -0.140. The van der Waals surface area contributed by atoms with Gasteiger partial charge in [0.05, 0.1) is 0 Å². The van der Waals surface area contributed by atoms with Crippen LogP contribution in [0.5, 0.6) is 0 Å². The van der Waals surface area contributed by atoms with Crippen LogP contribution in [0.3, 0.4) is 0 Å². The van der Waals surface area contributed by atoms with Crippen molar-refractivity contribution >= 4 is 57.2 Å². The minimum absolute atomic E-state index is 0.469. The van der Waals surface area contributed by atoms with E-state index in [2.05, 4.69) is 27.7 Å². The molecule has 0 heterocycles. The summed E-state index contributed by atoms with van der Waals surface area (Å²) in [5.74, 6) is 1.88. The fraction of sp³-hybridized carbons (Fsp3) is 0.444. The highest BCUT2D eigenvalue weighted by molar-refractivity contribution is 6.21. The van der Waals surface area contributed by atoms with Gasteiger partial charge in [-0.25, -0.2) is 0 Å². The summed E-state index contributed by atoms with van der Waals surface area (Å²) >= 11 is 24.8. The first kappa shape index (κ1) is 18.2. The molecule has 2 aromatic rings. The largest absolute Gasteiger partial charge is 0.122 e. The van der Waals surface area contributed by atoms with Crippen molar-refractivity contribution in [3.63, 3.8) is 0 Å². The maximum atomic E-state index is 6.21. The predicted octanol–water partition coefficient (Wildman–Crippen LogP) is 7.03. The third-order valence-corrected chi connectivity index (χ3v) is 5.89. The number of aryl methyl sites for hydroxylation is 4. The van der Waals surface area contributed by atoms with Gasteiger partial charge >= 0.3 is 0 Å². The first-order valence-corrected chi connectivity index (χ1v) is 9.37. The van der Waals surface area contributed by atoms with Crippen LogP contribution in [0.15, 0.2) is 0 Å². The predicted molar refractivity (Wildman–Crippen MR) is 101 cm³/mol. The lowest BCUT2D eigenvalue weighted by atomic mass is 9.83. The highest BCUT2D eigenvalue weighted by Crippen LogP contribution is 2.39. The zero-order valence-electron chi connectivity index (χ0n) is 13.3.